The van der Waals surface area contributed by atoms with Crippen LogP contribution in [0.4, 0.5) is 0 Å². The number of ether oxygens (including phenoxy) is 2. The van der Waals surface area contributed by atoms with Crippen molar-refractivity contribution in [1.29, 1.82) is 0 Å². The molecule has 2 heterocycles. The smallest absolute Gasteiger partial charge is 0.307 e. The van der Waals surface area contributed by atoms with Crippen LogP contribution in [0, 0.1) is 6.92 Å². The van der Waals surface area contributed by atoms with Gasteiger partial charge in [0, 0.05) is 19.5 Å². The summed E-state index contributed by atoms with van der Waals surface area (Å²) in [5, 5.41) is 9.70. The van der Waals surface area contributed by atoms with Crippen molar-refractivity contribution >= 4 is 17.3 Å². The van der Waals surface area contributed by atoms with E-state index >= 15 is 0 Å². The van der Waals surface area contributed by atoms with Crippen LogP contribution >= 0.6 is 11.3 Å². The predicted molar refractivity (Wildman–Crippen MR) is 110 cm³/mol. The molecule has 1 aromatic carbocycles. The molecule has 0 saturated carbocycles. The number of aromatic amines is 1. The number of hydrogen-bond donors (Lipinski definition) is 2. The van der Waals surface area contributed by atoms with Gasteiger partial charge in [-0.2, -0.15) is 0 Å². The van der Waals surface area contributed by atoms with E-state index in [9.17, 15) is 14.7 Å². The highest BCUT2D eigenvalue weighted by molar-refractivity contribution is 7.09. The van der Waals surface area contributed by atoms with E-state index in [0.717, 1.165) is 28.2 Å². The van der Waals surface area contributed by atoms with Crippen LogP contribution in [0.1, 0.15) is 34.5 Å². The fourth-order valence-electron chi connectivity index (χ4n) is 2.91. The summed E-state index contributed by atoms with van der Waals surface area (Å²) in [7, 11) is 0. The Balaban J connectivity index is 1.65. The summed E-state index contributed by atoms with van der Waals surface area (Å²) in [6.45, 7) is 3.84. The Bertz CT molecular complexity index is 1030. The minimum atomic E-state index is -0.344. The van der Waals surface area contributed by atoms with Gasteiger partial charge in [0.25, 0.3) is 0 Å². The Morgan fingerprint density at radius 3 is 2.62 bits per heavy atom. The number of carbonyl (C=O) groups is 1. The predicted octanol–water partition coefficient (Wildman–Crippen LogP) is 3.16. The van der Waals surface area contributed by atoms with Crippen LogP contribution in [0.2, 0.25) is 0 Å². The molecule has 1 atom stereocenters. The van der Waals surface area contributed by atoms with Crippen LogP contribution in [0.5, 0.6) is 11.6 Å². The molecule has 7 nitrogen and oxygen atoms in total. The van der Waals surface area contributed by atoms with E-state index in [0.29, 0.717) is 23.7 Å². The molecule has 0 radical (unpaired) electrons. The fraction of sp³-hybridized carbons (Fsp3) is 0.286. The summed E-state index contributed by atoms with van der Waals surface area (Å²) in [5.41, 5.74) is 2.79. The monoisotopic (exact) mass is 414 g/mol. The number of hydrogen-bond acceptors (Lipinski definition) is 7. The lowest BCUT2D eigenvalue weighted by molar-refractivity contribution is -0.141. The largest absolute Gasteiger partial charge is 0.494 e. The SMILES string of the molecule is CC(=O)OCC(COc1ccc(Cc2sc(=O)[nH]c2O)cc1)c1ncccc1C. The maximum Gasteiger partial charge on any atom is 0.307 e. The number of rotatable bonds is 8. The Hall–Kier alpha value is -3.13. The van der Waals surface area contributed by atoms with Gasteiger partial charge in [-0.3, -0.25) is 19.6 Å². The van der Waals surface area contributed by atoms with Crippen molar-refractivity contribution in [3.8, 4) is 11.6 Å². The third-order valence-corrected chi connectivity index (χ3v) is 5.24. The van der Waals surface area contributed by atoms with Gasteiger partial charge in [-0.15, -0.1) is 0 Å². The van der Waals surface area contributed by atoms with Gasteiger partial charge < -0.3 is 14.6 Å². The number of esters is 1. The zero-order valence-corrected chi connectivity index (χ0v) is 17.0. The van der Waals surface area contributed by atoms with Crippen molar-refractivity contribution in [2.75, 3.05) is 13.2 Å². The second kappa shape index (κ2) is 9.38. The number of H-pyrrole nitrogens is 1. The van der Waals surface area contributed by atoms with E-state index in [1.54, 1.807) is 6.20 Å². The number of aromatic nitrogens is 2. The topological polar surface area (TPSA) is 102 Å². The molecule has 0 aliphatic carbocycles. The maximum absolute atomic E-state index is 11.3. The number of carbonyl (C=O) groups excluding carboxylic acids is 1. The lowest BCUT2D eigenvalue weighted by atomic mass is 10.0. The summed E-state index contributed by atoms with van der Waals surface area (Å²) < 4.78 is 11.1. The summed E-state index contributed by atoms with van der Waals surface area (Å²) >= 11 is 0.994. The fourth-order valence-corrected chi connectivity index (χ4v) is 3.66. The van der Waals surface area contributed by atoms with Crippen LogP contribution in [-0.2, 0) is 16.0 Å². The Labute approximate surface area is 172 Å². The van der Waals surface area contributed by atoms with Gasteiger partial charge in [-0.1, -0.05) is 29.5 Å². The lowest BCUT2D eigenvalue weighted by Gasteiger charge is -2.19. The molecule has 0 saturated heterocycles. The number of pyridine rings is 1. The Morgan fingerprint density at radius 1 is 1.24 bits per heavy atom. The normalized spacial score (nSPS) is 11.8. The van der Waals surface area contributed by atoms with E-state index in [2.05, 4.69) is 9.97 Å². The summed E-state index contributed by atoms with van der Waals surface area (Å²) in [5.74, 6) is 0.0538. The van der Waals surface area contributed by atoms with Crippen molar-refractivity contribution in [2.45, 2.75) is 26.2 Å². The summed E-state index contributed by atoms with van der Waals surface area (Å²) in [4.78, 5) is 29.6. The van der Waals surface area contributed by atoms with Gasteiger partial charge in [-0.05, 0) is 36.2 Å². The average Bonchev–Trinajstić information content (AvgIpc) is 3.00. The van der Waals surface area contributed by atoms with E-state index in [-0.39, 0.29) is 29.2 Å². The number of benzene rings is 1. The zero-order chi connectivity index (χ0) is 20.8. The first-order valence-electron chi connectivity index (χ1n) is 9.10. The van der Waals surface area contributed by atoms with Gasteiger partial charge in [-0.25, -0.2) is 0 Å². The average molecular weight is 414 g/mol. The number of nitrogens with one attached hydrogen (secondary N) is 1. The molecule has 3 aromatic rings. The Morgan fingerprint density at radius 2 is 2.00 bits per heavy atom. The number of nitrogens with zero attached hydrogens (tertiary/aromatic N) is 1. The number of thiazole rings is 1. The van der Waals surface area contributed by atoms with E-state index in [1.165, 1.54) is 6.92 Å². The Kier molecular flexibility index (Phi) is 6.66. The third-order valence-electron chi connectivity index (χ3n) is 4.36. The first kappa shape index (κ1) is 20.6. The molecule has 2 aromatic heterocycles. The molecular weight excluding hydrogens is 392 g/mol. The zero-order valence-electron chi connectivity index (χ0n) is 16.2. The van der Waals surface area contributed by atoms with Gasteiger partial charge >= 0.3 is 10.8 Å². The van der Waals surface area contributed by atoms with E-state index in [1.807, 2.05) is 43.3 Å². The van der Waals surface area contributed by atoms with Crippen LogP contribution in [0.15, 0.2) is 47.4 Å². The van der Waals surface area contributed by atoms with E-state index < -0.39 is 0 Å². The third kappa shape index (κ3) is 5.68. The lowest BCUT2D eigenvalue weighted by Crippen LogP contribution is -2.20. The van der Waals surface area contributed by atoms with Crippen molar-refractivity contribution < 1.29 is 19.4 Å². The second-order valence-electron chi connectivity index (χ2n) is 6.62. The molecule has 0 fully saturated rings. The highest BCUT2D eigenvalue weighted by Gasteiger charge is 2.18. The summed E-state index contributed by atoms with van der Waals surface area (Å²) in [6, 6.07) is 11.2. The molecule has 0 bridgehead atoms. The maximum atomic E-state index is 11.3. The highest BCUT2D eigenvalue weighted by Crippen LogP contribution is 2.23. The summed E-state index contributed by atoms with van der Waals surface area (Å²) in [6.07, 6.45) is 2.17. The molecule has 0 aliphatic rings. The standard InChI is InChI=1S/C21H22N2O5S/c1-13-4-3-9-22-19(13)16(11-27-14(2)24)12-28-17-7-5-15(6-8-17)10-18-20(25)23-21(26)29-18/h3-9,16,25H,10-12H2,1-2H3,(H,23,26). The molecule has 152 valence electrons. The quantitative estimate of drug-likeness (QED) is 0.549. The van der Waals surface area contributed by atoms with Crippen molar-refractivity contribution in [2.24, 2.45) is 0 Å². The van der Waals surface area contributed by atoms with Crippen molar-refractivity contribution in [3.63, 3.8) is 0 Å². The molecule has 3 rings (SSSR count). The first-order valence-corrected chi connectivity index (χ1v) is 9.91. The number of aryl methyl sites for hydroxylation is 1. The van der Waals surface area contributed by atoms with Crippen LogP contribution < -0.4 is 9.61 Å². The van der Waals surface area contributed by atoms with Crippen molar-refractivity contribution in [3.05, 3.63) is 74.0 Å². The van der Waals surface area contributed by atoms with Crippen LogP contribution in [0.25, 0.3) is 0 Å². The van der Waals surface area contributed by atoms with Crippen molar-refractivity contribution in [1.82, 2.24) is 9.97 Å². The molecule has 0 aliphatic heterocycles. The number of aromatic hydroxyl groups is 1. The first-order chi connectivity index (χ1) is 13.9. The van der Waals surface area contributed by atoms with Crippen LogP contribution in [0.3, 0.4) is 0 Å². The molecule has 1 unspecified atom stereocenters. The molecule has 8 heteroatoms. The minimum Gasteiger partial charge on any atom is -0.494 e. The molecular formula is C21H22N2O5S. The van der Waals surface area contributed by atoms with Crippen LogP contribution in [-0.4, -0.2) is 34.3 Å². The second-order valence-corrected chi connectivity index (χ2v) is 7.69. The minimum absolute atomic E-state index is 0.0839. The van der Waals surface area contributed by atoms with Gasteiger partial charge in [0.2, 0.25) is 5.88 Å². The van der Waals surface area contributed by atoms with E-state index in [4.69, 9.17) is 9.47 Å². The molecule has 2 N–H and O–H groups in total. The molecule has 0 amide bonds. The van der Waals surface area contributed by atoms with Gasteiger partial charge in [0.15, 0.2) is 0 Å². The highest BCUT2D eigenvalue weighted by atomic mass is 32.1. The van der Waals surface area contributed by atoms with Gasteiger partial charge in [0.1, 0.15) is 12.4 Å². The molecule has 29 heavy (non-hydrogen) atoms. The molecule has 0 spiro atoms. The van der Waals surface area contributed by atoms with Gasteiger partial charge in [0.05, 0.1) is 23.1 Å².